The van der Waals surface area contributed by atoms with E-state index in [1.165, 1.54) is 4.31 Å². The standard InChI is InChI=1S/C18H25ClN2O3S/c1-12(2)11-25(22,23)21(4)10-17-14-9-20(3)8-7-13-15(19)5-6-16(24-17)18(13)14/h5-6,12H,7-11H2,1-4H3. The Morgan fingerprint density at radius 1 is 1.32 bits per heavy atom. The van der Waals surface area contributed by atoms with E-state index >= 15 is 0 Å². The number of hydrogen-bond donors (Lipinski definition) is 0. The van der Waals surface area contributed by atoms with Crippen LogP contribution in [0.15, 0.2) is 16.5 Å². The second-order valence-corrected chi connectivity index (χ2v) is 9.85. The van der Waals surface area contributed by atoms with Crippen LogP contribution in [0.25, 0.3) is 11.0 Å². The number of furan rings is 1. The minimum absolute atomic E-state index is 0.0845. The van der Waals surface area contributed by atoms with Crippen LogP contribution in [0.2, 0.25) is 5.02 Å². The van der Waals surface area contributed by atoms with Crippen LogP contribution in [-0.4, -0.2) is 44.0 Å². The zero-order valence-corrected chi connectivity index (χ0v) is 16.7. The Morgan fingerprint density at radius 3 is 2.72 bits per heavy atom. The first-order valence-electron chi connectivity index (χ1n) is 8.53. The molecule has 3 rings (SSSR count). The number of hydrogen-bond acceptors (Lipinski definition) is 4. The summed E-state index contributed by atoms with van der Waals surface area (Å²) in [5.41, 5.74) is 2.94. The van der Waals surface area contributed by atoms with Crippen LogP contribution in [0.3, 0.4) is 0 Å². The van der Waals surface area contributed by atoms with Crippen molar-refractivity contribution in [2.45, 2.75) is 33.4 Å². The minimum Gasteiger partial charge on any atom is -0.459 e. The molecule has 0 saturated carbocycles. The van der Waals surface area contributed by atoms with Gasteiger partial charge in [-0.05, 0) is 37.1 Å². The number of halogens is 1. The van der Waals surface area contributed by atoms with Crippen LogP contribution < -0.4 is 0 Å². The fourth-order valence-electron chi connectivity index (χ4n) is 3.39. The summed E-state index contributed by atoms with van der Waals surface area (Å²) >= 11 is 6.41. The van der Waals surface area contributed by atoms with Crippen molar-refractivity contribution in [1.82, 2.24) is 9.21 Å². The minimum atomic E-state index is -3.31. The molecule has 2 aromatic rings. The molecule has 0 N–H and O–H groups in total. The van der Waals surface area contributed by atoms with E-state index in [0.717, 1.165) is 46.6 Å². The predicted octanol–water partition coefficient (Wildman–Crippen LogP) is 3.49. The Balaban J connectivity index is 2.03. The first kappa shape index (κ1) is 18.7. The third-order valence-corrected chi connectivity index (χ3v) is 7.17. The summed E-state index contributed by atoms with van der Waals surface area (Å²) in [4.78, 5) is 2.22. The summed E-state index contributed by atoms with van der Waals surface area (Å²) in [6.07, 6.45) is 0.861. The molecule has 0 unspecified atom stereocenters. The summed E-state index contributed by atoms with van der Waals surface area (Å²) in [5.74, 6) is 0.930. The van der Waals surface area contributed by atoms with Gasteiger partial charge >= 0.3 is 0 Å². The van der Waals surface area contributed by atoms with Gasteiger partial charge in [-0.25, -0.2) is 8.42 Å². The maximum atomic E-state index is 12.5. The van der Waals surface area contributed by atoms with Crippen molar-refractivity contribution < 1.29 is 12.8 Å². The molecule has 0 saturated heterocycles. The number of rotatable bonds is 5. The molecule has 0 fully saturated rings. The van der Waals surface area contributed by atoms with Crippen LogP contribution in [0, 0.1) is 5.92 Å². The first-order chi connectivity index (χ1) is 11.7. The molecule has 2 heterocycles. The van der Waals surface area contributed by atoms with Gasteiger partial charge in [0.2, 0.25) is 10.0 Å². The van der Waals surface area contributed by atoms with Crippen molar-refractivity contribution in [1.29, 1.82) is 0 Å². The summed E-state index contributed by atoms with van der Waals surface area (Å²) in [6, 6.07) is 3.74. The quantitative estimate of drug-likeness (QED) is 0.791. The van der Waals surface area contributed by atoms with Crippen LogP contribution in [-0.2, 0) is 29.5 Å². The lowest BCUT2D eigenvalue weighted by Crippen LogP contribution is -2.31. The van der Waals surface area contributed by atoms with E-state index in [1.807, 2.05) is 26.0 Å². The predicted molar refractivity (Wildman–Crippen MR) is 101 cm³/mol. The van der Waals surface area contributed by atoms with Gasteiger partial charge in [-0.3, -0.25) is 0 Å². The molecule has 0 bridgehead atoms. The third kappa shape index (κ3) is 3.72. The number of sulfonamides is 1. The second-order valence-electron chi connectivity index (χ2n) is 7.32. The molecular weight excluding hydrogens is 360 g/mol. The fraction of sp³-hybridized carbons (Fsp3) is 0.556. The van der Waals surface area contributed by atoms with E-state index in [1.54, 1.807) is 7.05 Å². The van der Waals surface area contributed by atoms with E-state index in [4.69, 9.17) is 16.0 Å². The molecule has 0 amide bonds. The lowest BCUT2D eigenvalue weighted by atomic mass is 10.0. The van der Waals surface area contributed by atoms with Gasteiger partial charge < -0.3 is 9.32 Å². The molecule has 138 valence electrons. The van der Waals surface area contributed by atoms with Gasteiger partial charge in [0.25, 0.3) is 0 Å². The SMILES string of the molecule is CC(C)CS(=O)(=O)N(C)Cc1oc2ccc(Cl)c3c2c1CN(C)CC3. The highest BCUT2D eigenvalue weighted by Crippen LogP contribution is 2.36. The average molecular weight is 385 g/mol. The highest BCUT2D eigenvalue weighted by atomic mass is 35.5. The van der Waals surface area contributed by atoms with Crippen molar-refractivity contribution in [3.63, 3.8) is 0 Å². The monoisotopic (exact) mass is 384 g/mol. The normalized spacial score (nSPS) is 16.1. The molecule has 1 aliphatic rings. The molecule has 0 spiro atoms. The summed E-state index contributed by atoms with van der Waals surface area (Å²) in [7, 11) is 0.365. The second kappa shape index (κ2) is 6.91. The first-order valence-corrected chi connectivity index (χ1v) is 10.5. The van der Waals surface area contributed by atoms with Gasteiger partial charge in [-0.1, -0.05) is 25.4 Å². The van der Waals surface area contributed by atoms with E-state index in [2.05, 4.69) is 11.9 Å². The topological polar surface area (TPSA) is 53.8 Å². The largest absolute Gasteiger partial charge is 0.459 e. The van der Waals surface area contributed by atoms with E-state index in [-0.39, 0.29) is 18.2 Å². The van der Waals surface area contributed by atoms with Crippen LogP contribution in [0.4, 0.5) is 0 Å². The van der Waals surface area contributed by atoms with Crippen molar-refractivity contribution in [2.24, 2.45) is 5.92 Å². The lowest BCUT2D eigenvalue weighted by Gasteiger charge is -2.19. The zero-order chi connectivity index (χ0) is 18.4. The number of benzene rings is 1. The van der Waals surface area contributed by atoms with E-state index in [9.17, 15) is 8.42 Å². The smallest absolute Gasteiger partial charge is 0.214 e. The molecule has 5 nitrogen and oxygen atoms in total. The van der Waals surface area contributed by atoms with Crippen molar-refractivity contribution in [2.75, 3.05) is 26.4 Å². The third-order valence-electron chi connectivity index (χ3n) is 4.65. The highest BCUT2D eigenvalue weighted by Gasteiger charge is 2.27. The fourth-order valence-corrected chi connectivity index (χ4v) is 5.05. The maximum absolute atomic E-state index is 12.5. The van der Waals surface area contributed by atoms with Crippen molar-refractivity contribution in [3.8, 4) is 0 Å². The molecule has 25 heavy (non-hydrogen) atoms. The molecule has 0 aliphatic carbocycles. The Morgan fingerprint density at radius 2 is 2.04 bits per heavy atom. The Labute approximate surface area is 154 Å². The molecular formula is C18H25ClN2O3S. The van der Waals surface area contributed by atoms with Gasteiger partial charge in [0.1, 0.15) is 11.3 Å². The molecule has 1 aromatic heterocycles. The Bertz CT molecular complexity index is 889. The Hall–Kier alpha value is -1.08. The Kier molecular flexibility index (Phi) is 5.17. The van der Waals surface area contributed by atoms with E-state index in [0.29, 0.717) is 5.76 Å². The maximum Gasteiger partial charge on any atom is 0.214 e. The van der Waals surface area contributed by atoms with Crippen LogP contribution in [0.1, 0.15) is 30.7 Å². The lowest BCUT2D eigenvalue weighted by molar-refractivity contribution is 0.328. The van der Waals surface area contributed by atoms with Crippen LogP contribution in [0.5, 0.6) is 0 Å². The highest BCUT2D eigenvalue weighted by molar-refractivity contribution is 7.89. The van der Waals surface area contributed by atoms with Gasteiger partial charge in [0.15, 0.2) is 0 Å². The van der Waals surface area contributed by atoms with Crippen LogP contribution >= 0.6 is 11.6 Å². The van der Waals surface area contributed by atoms with Crippen molar-refractivity contribution >= 4 is 32.6 Å². The molecule has 0 atom stereocenters. The zero-order valence-electron chi connectivity index (χ0n) is 15.2. The molecule has 7 heteroatoms. The summed E-state index contributed by atoms with van der Waals surface area (Å²) < 4.78 is 32.4. The van der Waals surface area contributed by atoms with Crippen molar-refractivity contribution in [3.05, 3.63) is 34.0 Å². The van der Waals surface area contributed by atoms with Gasteiger partial charge in [0.05, 0.1) is 12.3 Å². The van der Waals surface area contributed by atoms with Gasteiger partial charge in [-0.15, -0.1) is 0 Å². The number of likely N-dealkylation sites (N-methyl/N-ethyl adjacent to an activating group) is 1. The summed E-state index contributed by atoms with van der Waals surface area (Å²) in [6.45, 7) is 5.69. The van der Waals surface area contributed by atoms with Gasteiger partial charge in [0, 0.05) is 36.1 Å². The molecule has 1 aromatic carbocycles. The molecule has 0 radical (unpaired) electrons. The van der Waals surface area contributed by atoms with Gasteiger partial charge in [-0.2, -0.15) is 4.31 Å². The average Bonchev–Trinajstić information content (AvgIpc) is 2.71. The number of nitrogens with zero attached hydrogens (tertiary/aromatic N) is 2. The molecule has 1 aliphatic heterocycles. The van der Waals surface area contributed by atoms with E-state index < -0.39 is 10.0 Å². The summed E-state index contributed by atoms with van der Waals surface area (Å²) in [5, 5.41) is 1.80.